The van der Waals surface area contributed by atoms with Crippen LogP contribution in [0.15, 0.2) is 28.8 Å². The molecule has 1 aromatic carbocycles. The van der Waals surface area contributed by atoms with Crippen LogP contribution in [0.25, 0.3) is 12.2 Å². The third-order valence-electron chi connectivity index (χ3n) is 2.63. The predicted octanol–water partition coefficient (Wildman–Crippen LogP) is 1.60. The minimum atomic E-state index is -0.508. The van der Waals surface area contributed by atoms with Gasteiger partial charge in [0.05, 0.1) is 0 Å². The van der Waals surface area contributed by atoms with Crippen molar-refractivity contribution in [3.63, 3.8) is 0 Å². The molecule has 0 fully saturated rings. The normalized spacial score (nSPS) is 10.8. The number of amides is 1. The lowest BCUT2D eigenvalue weighted by atomic mass is 10.2. The molecule has 2 rings (SSSR count). The number of primary amides is 1. The Labute approximate surface area is 116 Å². The van der Waals surface area contributed by atoms with E-state index < -0.39 is 5.91 Å². The van der Waals surface area contributed by atoms with Crippen molar-refractivity contribution in [1.82, 2.24) is 5.16 Å². The fourth-order valence-electron chi connectivity index (χ4n) is 1.52. The number of hydrogen-bond donors (Lipinski definition) is 2. The van der Waals surface area contributed by atoms with Gasteiger partial charge in [0.1, 0.15) is 17.1 Å². The average molecular weight is 273 g/mol. The number of ether oxygens (including phenoxy) is 1. The van der Waals surface area contributed by atoms with Crippen molar-refractivity contribution in [2.24, 2.45) is 5.73 Å². The van der Waals surface area contributed by atoms with Gasteiger partial charge in [-0.05, 0) is 30.7 Å². The summed E-state index contributed by atoms with van der Waals surface area (Å²) in [6, 6.07) is 7.19. The Morgan fingerprint density at radius 1 is 1.35 bits per heavy atom. The Morgan fingerprint density at radius 2 is 2.05 bits per heavy atom. The van der Waals surface area contributed by atoms with Gasteiger partial charge in [0.25, 0.3) is 5.91 Å². The van der Waals surface area contributed by atoms with Gasteiger partial charge in [-0.25, -0.2) is 0 Å². The van der Waals surface area contributed by atoms with Gasteiger partial charge < -0.3 is 20.7 Å². The number of nitrogen functional groups attached to an aromatic ring is 1. The summed E-state index contributed by atoms with van der Waals surface area (Å²) in [5, 5.41) is 3.83. The monoisotopic (exact) mass is 273 g/mol. The zero-order valence-corrected chi connectivity index (χ0v) is 11.0. The molecule has 1 heterocycles. The van der Waals surface area contributed by atoms with E-state index >= 15 is 0 Å². The SMILES string of the molecule is Cc1onc(/C=C/c2ccc(OCC(N)=O)cc2)c1N. The summed E-state index contributed by atoms with van der Waals surface area (Å²) < 4.78 is 10.1. The average Bonchev–Trinajstić information content (AvgIpc) is 2.75. The molecule has 6 nitrogen and oxygen atoms in total. The summed E-state index contributed by atoms with van der Waals surface area (Å²) in [5.41, 5.74) is 12.8. The van der Waals surface area contributed by atoms with Gasteiger partial charge >= 0.3 is 0 Å². The molecule has 1 amide bonds. The summed E-state index contributed by atoms with van der Waals surface area (Å²) in [7, 11) is 0. The molecule has 0 saturated carbocycles. The lowest BCUT2D eigenvalue weighted by molar-refractivity contribution is -0.119. The van der Waals surface area contributed by atoms with Gasteiger partial charge in [-0.15, -0.1) is 0 Å². The number of anilines is 1. The summed E-state index contributed by atoms with van der Waals surface area (Å²) in [4.78, 5) is 10.6. The molecule has 0 radical (unpaired) electrons. The molecule has 2 aromatic rings. The molecule has 0 atom stereocenters. The lowest BCUT2D eigenvalue weighted by Crippen LogP contribution is -2.19. The summed E-state index contributed by atoms with van der Waals surface area (Å²) in [6.07, 6.45) is 3.62. The van der Waals surface area contributed by atoms with E-state index in [4.69, 9.17) is 20.7 Å². The maximum absolute atomic E-state index is 10.6. The molecule has 0 bridgehead atoms. The van der Waals surface area contributed by atoms with Crippen LogP contribution in [0.4, 0.5) is 5.69 Å². The molecule has 4 N–H and O–H groups in total. The fraction of sp³-hybridized carbons (Fsp3) is 0.143. The van der Waals surface area contributed by atoms with Gasteiger partial charge in [-0.3, -0.25) is 4.79 Å². The highest BCUT2D eigenvalue weighted by atomic mass is 16.5. The Balaban J connectivity index is 2.03. The van der Waals surface area contributed by atoms with Crippen LogP contribution in [0, 0.1) is 6.92 Å². The van der Waals surface area contributed by atoms with E-state index in [0.29, 0.717) is 22.9 Å². The van der Waals surface area contributed by atoms with Gasteiger partial charge in [0.15, 0.2) is 12.4 Å². The van der Waals surface area contributed by atoms with E-state index in [2.05, 4.69) is 5.16 Å². The number of aromatic nitrogens is 1. The lowest BCUT2D eigenvalue weighted by Gasteiger charge is -2.03. The highest BCUT2D eigenvalue weighted by Gasteiger charge is 2.05. The Kier molecular flexibility index (Phi) is 4.05. The molecule has 0 unspecified atom stereocenters. The van der Waals surface area contributed by atoms with Crippen molar-refractivity contribution in [3.8, 4) is 5.75 Å². The first-order valence-electron chi connectivity index (χ1n) is 5.97. The summed E-state index contributed by atoms with van der Waals surface area (Å²) in [5.74, 6) is 0.670. The maximum Gasteiger partial charge on any atom is 0.255 e. The highest BCUT2D eigenvalue weighted by molar-refractivity contribution is 5.75. The molecule has 104 valence electrons. The highest BCUT2D eigenvalue weighted by Crippen LogP contribution is 2.19. The van der Waals surface area contributed by atoms with Crippen LogP contribution in [0.3, 0.4) is 0 Å². The third-order valence-corrected chi connectivity index (χ3v) is 2.63. The Hall–Kier alpha value is -2.76. The molecule has 0 aliphatic rings. The zero-order chi connectivity index (χ0) is 14.5. The van der Waals surface area contributed by atoms with E-state index in [0.717, 1.165) is 5.56 Å². The quantitative estimate of drug-likeness (QED) is 0.861. The van der Waals surface area contributed by atoms with Crippen LogP contribution in [0.1, 0.15) is 17.0 Å². The summed E-state index contributed by atoms with van der Waals surface area (Å²) >= 11 is 0. The van der Waals surface area contributed by atoms with E-state index in [1.54, 1.807) is 25.1 Å². The smallest absolute Gasteiger partial charge is 0.255 e. The van der Waals surface area contributed by atoms with Crippen LogP contribution in [0.5, 0.6) is 5.75 Å². The predicted molar refractivity (Wildman–Crippen MR) is 75.7 cm³/mol. The van der Waals surface area contributed by atoms with Gasteiger partial charge in [0.2, 0.25) is 0 Å². The summed E-state index contributed by atoms with van der Waals surface area (Å²) in [6.45, 7) is 1.62. The van der Waals surface area contributed by atoms with Gasteiger partial charge in [0, 0.05) is 0 Å². The first kappa shape index (κ1) is 13.7. The Bertz CT molecular complexity index is 630. The topological polar surface area (TPSA) is 104 Å². The minimum Gasteiger partial charge on any atom is -0.484 e. The van der Waals surface area contributed by atoms with Crippen molar-refractivity contribution in [3.05, 3.63) is 41.3 Å². The van der Waals surface area contributed by atoms with E-state index in [1.165, 1.54) is 0 Å². The fourth-order valence-corrected chi connectivity index (χ4v) is 1.52. The molecule has 0 aliphatic heterocycles. The van der Waals surface area contributed by atoms with Crippen molar-refractivity contribution in [2.45, 2.75) is 6.92 Å². The second-order valence-electron chi connectivity index (χ2n) is 4.20. The molecule has 6 heteroatoms. The van der Waals surface area contributed by atoms with Gasteiger partial charge in [-0.2, -0.15) is 0 Å². The number of nitrogens with zero attached hydrogens (tertiary/aromatic N) is 1. The largest absolute Gasteiger partial charge is 0.484 e. The molecule has 20 heavy (non-hydrogen) atoms. The minimum absolute atomic E-state index is 0.135. The maximum atomic E-state index is 10.6. The number of carbonyl (C=O) groups is 1. The van der Waals surface area contributed by atoms with Crippen molar-refractivity contribution >= 4 is 23.7 Å². The first-order valence-corrected chi connectivity index (χ1v) is 5.97. The van der Waals surface area contributed by atoms with Crippen molar-refractivity contribution < 1.29 is 14.1 Å². The molecular weight excluding hydrogens is 258 g/mol. The number of benzene rings is 1. The number of rotatable bonds is 5. The standard InChI is InChI=1S/C14H15N3O3/c1-9-14(16)12(17-20-9)7-4-10-2-5-11(6-3-10)19-8-13(15)18/h2-7H,8,16H2,1H3,(H2,15,18)/b7-4+. The third kappa shape index (κ3) is 3.38. The molecule has 1 aromatic heterocycles. The van der Waals surface area contributed by atoms with E-state index in [1.807, 2.05) is 18.2 Å². The van der Waals surface area contributed by atoms with Gasteiger partial charge in [-0.1, -0.05) is 23.4 Å². The first-order chi connectivity index (χ1) is 9.56. The second-order valence-corrected chi connectivity index (χ2v) is 4.20. The van der Waals surface area contributed by atoms with Crippen LogP contribution >= 0.6 is 0 Å². The molecule has 0 spiro atoms. The second kappa shape index (κ2) is 5.92. The van der Waals surface area contributed by atoms with Crippen molar-refractivity contribution in [2.75, 3.05) is 12.3 Å². The van der Waals surface area contributed by atoms with E-state index in [9.17, 15) is 4.79 Å². The van der Waals surface area contributed by atoms with Crippen molar-refractivity contribution in [1.29, 1.82) is 0 Å². The van der Waals surface area contributed by atoms with Crippen LogP contribution < -0.4 is 16.2 Å². The Morgan fingerprint density at radius 3 is 2.60 bits per heavy atom. The molecule has 0 aliphatic carbocycles. The van der Waals surface area contributed by atoms with Crippen LogP contribution in [-0.4, -0.2) is 17.7 Å². The number of aryl methyl sites for hydroxylation is 1. The number of nitrogens with two attached hydrogens (primary N) is 2. The molecule has 0 saturated heterocycles. The van der Waals surface area contributed by atoms with Crippen LogP contribution in [0.2, 0.25) is 0 Å². The van der Waals surface area contributed by atoms with Crippen LogP contribution in [-0.2, 0) is 4.79 Å². The van der Waals surface area contributed by atoms with E-state index in [-0.39, 0.29) is 6.61 Å². The zero-order valence-electron chi connectivity index (χ0n) is 11.0. The molecular formula is C14H15N3O3. The number of carbonyl (C=O) groups excluding carboxylic acids is 1. The number of hydrogen-bond acceptors (Lipinski definition) is 5.